The normalized spacial score (nSPS) is 10.1. The lowest BCUT2D eigenvalue weighted by Crippen LogP contribution is -1.87. The molecule has 0 atom stereocenters. The Kier molecular flexibility index (Phi) is 2.06. The van der Waals surface area contributed by atoms with Gasteiger partial charge in [-0.05, 0) is 6.07 Å². The van der Waals surface area contributed by atoms with Crippen LogP contribution >= 0.6 is 0 Å². The molecule has 0 spiro atoms. The first kappa shape index (κ1) is 8.55. The van der Waals surface area contributed by atoms with E-state index in [4.69, 9.17) is 10.5 Å². The number of aromatic amines is 1. The number of hydrogen-bond donors (Lipinski definition) is 2. The second kappa shape index (κ2) is 3.37. The first-order valence-electron chi connectivity index (χ1n) is 4.09. The summed E-state index contributed by atoms with van der Waals surface area (Å²) in [5, 5.41) is 0. The lowest BCUT2D eigenvalue weighted by Gasteiger charge is -2.00. The van der Waals surface area contributed by atoms with E-state index in [1.807, 2.05) is 6.07 Å². The van der Waals surface area contributed by atoms with E-state index in [9.17, 15) is 0 Å². The minimum atomic E-state index is 0.391. The monoisotopic (exact) mass is 190 g/mol. The van der Waals surface area contributed by atoms with Gasteiger partial charge in [0.15, 0.2) is 5.95 Å². The number of hydrogen-bond acceptors (Lipinski definition) is 4. The molecule has 3 N–H and O–H groups in total. The molecule has 0 aromatic carbocycles. The number of nitrogens with one attached hydrogen (secondary N) is 1. The fourth-order valence-electron chi connectivity index (χ4n) is 1.16. The Labute approximate surface area is 81.0 Å². The molecule has 0 unspecified atom stereocenters. The van der Waals surface area contributed by atoms with Gasteiger partial charge in [-0.25, -0.2) is 4.98 Å². The molecule has 0 aliphatic heterocycles. The van der Waals surface area contributed by atoms with Crippen LogP contribution in [0.2, 0.25) is 0 Å². The van der Waals surface area contributed by atoms with Crippen LogP contribution in [0.1, 0.15) is 0 Å². The highest BCUT2D eigenvalue weighted by Crippen LogP contribution is 2.20. The van der Waals surface area contributed by atoms with Crippen LogP contribution in [-0.2, 0) is 0 Å². The molecule has 2 aromatic heterocycles. The lowest BCUT2D eigenvalue weighted by atomic mass is 10.2. The third-order valence-electron chi connectivity index (χ3n) is 1.86. The lowest BCUT2D eigenvalue weighted by molar-refractivity contribution is 0.413. The maximum Gasteiger partial charge on any atom is 0.197 e. The summed E-state index contributed by atoms with van der Waals surface area (Å²) in [5.41, 5.74) is 7.19. The number of aromatic nitrogens is 3. The molecule has 5 heteroatoms. The molecular formula is C9H10N4O. The predicted octanol–water partition coefficient (Wildman–Crippen LogP) is 1.06. The Morgan fingerprint density at radius 1 is 1.36 bits per heavy atom. The standard InChI is InChI=1S/C9H10N4O/c1-14-7-2-6(3-11-4-7)8-5-12-9(10)13-8/h2-5H,1H3,(H3,10,12,13). The summed E-state index contributed by atoms with van der Waals surface area (Å²) in [6.07, 6.45) is 5.02. The van der Waals surface area contributed by atoms with Crippen molar-refractivity contribution in [1.82, 2.24) is 15.0 Å². The van der Waals surface area contributed by atoms with Crippen molar-refractivity contribution in [3.05, 3.63) is 24.7 Å². The molecule has 5 nitrogen and oxygen atoms in total. The minimum Gasteiger partial charge on any atom is -0.495 e. The van der Waals surface area contributed by atoms with Gasteiger partial charge in [-0.2, -0.15) is 0 Å². The quantitative estimate of drug-likeness (QED) is 0.742. The van der Waals surface area contributed by atoms with Gasteiger partial charge >= 0.3 is 0 Å². The van der Waals surface area contributed by atoms with Gasteiger partial charge in [-0.1, -0.05) is 0 Å². The number of nitrogens with zero attached hydrogens (tertiary/aromatic N) is 2. The summed E-state index contributed by atoms with van der Waals surface area (Å²) < 4.78 is 5.06. The fraction of sp³-hybridized carbons (Fsp3) is 0.111. The van der Waals surface area contributed by atoms with Gasteiger partial charge in [-0.3, -0.25) is 4.98 Å². The highest BCUT2D eigenvalue weighted by Gasteiger charge is 2.02. The number of nitrogens with two attached hydrogens (primary N) is 1. The first-order valence-corrected chi connectivity index (χ1v) is 4.09. The van der Waals surface area contributed by atoms with Gasteiger partial charge in [0.25, 0.3) is 0 Å². The van der Waals surface area contributed by atoms with Crippen molar-refractivity contribution in [3.8, 4) is 17.0 Å². The Bertz CT molecular complexity index is 438. The van der Waals surface area contributed by atoms with Crippen LogP contribution in [0.4, 0.5) is 5.95 Å². The van der Waals surface area contributed by atoms with E-state index in [-0.39, 0.29) is 0 Å². The zero-order chi connectivity index (χ0) is 9.97. The van der Waals surface area contributed by atoms with Crippen LogP contribution in [0.25, 0.3) is 11.3 Å². The minimum absolute atomic E-state index is 0.391. The van der Waals surface area contributed by atoms with Gasteiger partial charge in [-0.15, -0.1) is 0 Å². The van der Waals surface area contributed by atoms with Crippen molar-refractivity contribution in [2.45, 2.75) is 0 Å². The Morgan fingerprint density at radius 3 is 2.86 bits per heavy atom. The molecule has 14 heavy (non-hydrogen) atoms. The number of anilines is 1. The smallest absolute Gasteiger partial charge is 0.197 e. The molecule has 0 saturated carbocycles. The summed E-state index contributed by atoms with van der Waals surface area (Å²) in [6.45, 7) is 0. The zero-order valence-electron chi connectivity index (χ0n) is 7.69. The van der Waals surface area contributed by atoms with Crippen molar-refractivity contribution >= 4 is 5.95 Å². The van der Waals surface area contributed by atoms with Gasteiger partial charge in [0, 0.05) is 11.8 Å². The molecule has 0 aliphatic rings. The van der Waals surface area contributed by atoms with Gasteiger partial charge in [0.1, 0.15) is 5.75 Å². The number of pyridine rings is 1. The third-order valence-corrected chi connectivity index (χ3v) is 1.86. The van der Waals surface area contributed by atoms with E-state index in [1.54, 1.807) is 25.7 Å². The van der Waals surface area contributed by atoms with Gasteiger partial charge in [0.2, 0.25) is 0 Å². The summed E-state index contributed by atoms with van der Waals surface area (Å²) >= 11 is 0. The number of rotatable bonds is 2. The van der Waals surface area contributed by atoms with Gasteiger partial charge < -0.3 is 15.5 Å². The van der Waals surface area contributed by atoms with Crippen LogP contribution in [0.5, 0.6) is 5.75 Å². The first-order chi connectivity index (χ1) is 6.79. The van der Waals surface area contributed by atoms with E-state index >= 15 is 0 Å². The molecule has 2 aromatic rings. The molecule has 72 valence electrons. The fourth-order valence-corrected chi connectivity index (χ4v) is 1.16. The maximum absolute atomic E-state index is 5.47. The van der Waals surface area contributed by atoms with E-state index in [1.165, 1.54) is 0 Å². The molecule has 2 heterocycles. The number of imidazole rings is 1. The summed E-state index contributed by atoms with van der Waals surface area (Å²) in [5.74, 6) is 1.10. The van der Waals surface area contributed by atoms with E-state index < -0.39 is 0 Å². The van der Waals surface area contributed by atoms with Crippen molar-refractivity contribution in [2.24, 2.45) is 0 Å². The number of ether oxygens (including phenoxy) is 1. The average molecular weight is 190 g/mol. The predicted molar refractivity (Wildman–Crippen MR) is 52.8 cm³/mol. The van der Waals surface area contributed by atoms with Crippen LogP contribution < -0.4 is 10.5 Å². The van der Waals surface area contributed by atoms with E-state index in [2.05, 4.69) is 15.0 Å². The number of methoxy groups -OCH3 is 1. The van der Waals surface area contributed by atoms with E-state index in [0.717, 1.165) is 11.3 Å². The molecule has 0 amide bonds. The molecule has 0 saturated heterocycles. The highest BCUT2D eigenvalue weighted by atomic mass is 16.5. The summed E-state index contributed by atoms with van der Waals surface area (Å²) in [4.78, 5) is 10.8. The average Bonchev–Trinajstić information content (AvgIpc) is 2.65. The second-order valence-electron chi connectivity index (χ2n) is 2.80. The second-order valence-corrected chi connectivity index (χ2v) is 2.80. The highest BCUT2D eigenvalue weighted by molar-refractivity contribution is 5.60. The molecule has 0 radical (unpaired) electrons. The van der Waals surface area contributed by atoms with Crippen LogP contribution in [0.3, 0.4) is 0 Å². The molecule has 0 bridgehead atoms. The van der Waals surface area contributed by atoms with Crippen molar-refractivity contribution in [3.63, 3.8) is 0 Å². The molecule has 0 aliphatic carbocycles. The van der Waals surface area contributed by atoms with Crippen LogP contribution in [0, 0.1) is 0 Å². The van der Waals surface area contributed by atoms with Crippen molar-refractivity contribution < 1.29 is 4.74 Å². The van der Waals surface area contributed by atoms with Crippen LogP contribution in [-0.4, -0.2) is 22.1 Å². The number of nitrogen functional groups attached to an aromatic ring is 1. The molecule has 0 fully saturated rings. The zero-order valence-corrected chi connectivity index (χ0v) is 7.69. The SMILES string of the molecule is COc1cncc(-c2cnc(N)[nH]2)c1. The molecular weight excluding hydrogens is 180 g/mol. The summed E-state index contributed by atoms with van der Waals surface area (Å²) in [6, 6.07) is 1.86. The van der Waals surface area contributed by atoms with E-state index in [0.29, 0.717) is 11.7 Å². The van der Waals surface area contributed by atoms with Crippen LogP contribution in [0.15, 0.2) is 24.7 Å². The topological polar surface area (TPSA) is 76.8 Å². The number of H-pyrrole nitrogens is 1. The van der Waals surface area contributed by atoms with Gasteiger partial charge in [0.05, 0.1) is 25.2 Å². The Morgan fingerprint density at radius 2 is 2.21 bits per heavy atom. The summed E-state index contributed by atoms with van der Waals surface area (Å²) in [7, 11) is 1.60. The van der Waals surface area contributed by atoms with Crippen molar-refractivity contribution in [2.75, 3.05) is 12.8 Å². The Hall–Kier alpha value is -2.04. The third kappa shape index (κ3) is 1.52. The largest absolute Gasteiger partial charge is 0.495 e. The maximum atomic E-state index is 5.47. The molecule has 2 rings (SSSR count). The van der Waals surface area contributed by atoms with Crippen molar-refractivity contribution in [1.29, 1.82) is 0 Å². The Balaban J connectivity index is 2.41.